The summed E-state index contributed by atoms with van der Waals surface area (Å²) < 4.78 is 6.14. The fourth-order valence-electron chi connectivity index (χ4n) is 3.19. The highest BCUT2D eigenvalue weighted by atomic mass is 32.1. The standard InChI is InChI=1S/C14H17N5OS/c1-2-5-15-12(3-1)17-11-7-14(20-8-11)4-6-19(9-14)13-18-16-10-21-13/h1-3,5,10-11H,4,6-9H2,(H,15,17). The van der Waals surface area contributed by atoms with E-state index in [2.05, 4.69) is 25.4 Å². The topological polar surface area (TPSA) is 63.2 Å². The molecule has 2 atom stereocenters. The van der Waals surface area contributed by atoms with Crippen molar-refractivity contribution in [3.05, 3.63) is 29.9 Å². The molecule has 1 N–H and O–H groups in total. The van der Waals surface area contributed by atoms with Crippen LogP contribution in [-0.4, -0.2) is 46.5 Å². The maximum atomic E-state index is 6.14. The molecule has 2 aliphatic heterocycles. The van der Waals surface area contributed by atoms with E-state index in [0.29, 0.717) is 6.04 Å². The van der Waals surface area contributed by atoms with Crippen molar-refractivity contribution in [2.75, 3.05) is 29.9 Å². The van der Waals surface area contributed by atoms with Crippen LogP contribution in [-0.2, 0) is 4.74 Å². The number of hydrogen-bond acceptors (Lipinski definition) is 7. The molecule has 4 rings (SSSR count). The second kappa shape index (κ2) is 5.23. The van der Waals surface area contributed by atoms with Crippen LogP contribution in [0.2, 0.25) is 0 Å². The van der Waals surface area contributed by atoms with Crippen LogP contribution in [0.5, 0.6) is 0 Å². The lowest BCUT2D eigenvalue weighted by Gasteiger charge is -2.23. The predicted octanol–water partition coefficient (Wildman–Crippen LogP) is 1.78. The molecule has 2 aromatic rings. The van der Waals surface area contributed by atoms with Gasteiger partial charge >= 0.3 is 0 Å². The third-order valence-electron chi connectivity index (χ3n) is 4.16. The van der Waals surface area contributed by atoms with Gasteiger partial charge in [-0.15, -0.1) is 10.2 Å². The Kier molecular flexibility index (Phi) is 3.23. The maximum absolute atomic E-state index is 6.14. The van der Waals surface area contributed by atoms with E-state index < -0.39 is 0 Å². The Hall–Kier alpha value is -1.73. The van der Waals surface area contributed by atoms with Crippen molar-refractivity contribution in [1.29, 1.82) is 0 Å². The molecule has 0 radical (unpaired) electrons. The second-order valence-electron chi connectivity index (χ2n) is 5.65. The van der Waals surface area contributed by atoms with E-state index in [0.717, 1.165) is 43.5 Å². The van der Waals surface area contributed by atoms with Gasteiger partial charge in [0.2, 0.25) is 5.13 Å². The zero-order valence-corrected chi connectivity index (χ0v) is 12.4. The molecule has 1 spiro atoms. The number of nitrogens with zero attached hydrogens (tertiary/aromatic N) is 4. The Balaban J connectivity index is 1.40. The fourth-order valence-corrected chi connectivity index (χ4v) is 3.78. The summed E-state index contributed by atoms with van der Waals surface area (Å²) in [6.07, 6.45) is 3.87. The third kappa shape index (κ3) is 2.58. The van der Waals surface area contributed by atoms with Crippen molar-refractivity contribution >= 4 is 22.3 Å². The van der Waals surface area contributed by atoms with Gasteiger partial charge in [-0.2, -0.15) is 0 Å². The van der Waals surface area contributed by atoms with Gasteiger partial charge in [0.1, 0.15) is 11.3 Å². The minimum Gasteiger partial charge on any atom is -0.371 e. The van der Waals surface area contributed by atoms with Crippen molar-refractivity contribution in [3.63, 3.8) is 0 Å². The Morgan fingerprint density at radius 3 is 3.24 bits per heavy atom. The molecule has 0 saturated carbocycles. The molecule has 6 nitrogen and oxygen atoms in total. The van der Waals surface area contributed by atoms with E-state index in [-0.39, 0.29) is 5.60 Å². The van der Waals surface area contributed by atoms with Crippen LogP contribution < -0.4 is 10.2 Å². The van der Waals surface area contributed by atoms with E-state index >= 15 is 0 Å². The molecule has 7 heteroatoms. The van der Waals surface area contributed by atoms with Crippen molar-refractivity contribution < 1.29 is 4.74 Å². The highest BCUT2D eigenvalue weighted by molar-refractivity contribution is 7.13. The van der Waals surface area contributed by atoms with Gasteiger partial charge in [-0.25, -0.2) is 4.98 Å². The summed E-state index contributed by atoms with van der Waals surface area (Å²) in [5.41, 5.74) is 1.74. The highest BCUT2D eigenvalue weighted by Gasteiger charge is 2.46. The van der Waals surface area contributed by atoms with Crippen molar-refractivity contribution in [2.45, 2.75) is 24.5 Å². The fraction of sp³-hybridized carbons (Fsp3) is 0.500. The van der Waals surface area contributed by atoms with Gasteiger partial charge in [0.15, 0.2) is 0 Å². The number of anilines is 2. The van der Waals surface area contributed by atoms with Crippen LogP contribution in [0, 0.1) is 0 Å². The lowest BCUT2D eigenvalue weighted by Crippen LogP contribution is -2.33. The van der Waals surface area contributed by atoms with Crippen molar-refractivity contribution in [2.24, 2.45) is 0 Å². The molecule has 110 valence electrons. The van der Waals surface area contributed by atoms with E-state index in [4.69, 9.17) is 4.74 Å². The largest absolute Gasteiger partial charge is 0.371 e. The Bertz CT molecular complexity index is 593. The average molecular weight is 303 g/mol. The summed E-state index contributed by atoms with van der Waals surface area (Å²) in [7, 11) is 0. The molecule has 2 aliphatic rings. The van der Waals surface area contributed by atoms with E-state index in [9.17, 15) is 0 Å². The summed E-state index contributed by atoms with van der Waals surface area (Å²) in [6, 6.07) is 6.24. The van der Waals surface area contributed by atoms with Crippen LogP contribution in [0.4, 0.5) is 10.9 Å². The van der Waals surface area contributed by atoms with Gasteiger partial charge in [0.05, 0.1) is 18.2 Å². The molecule has 0 amide bonds. The summed E-state index contributed by atoms with van der Waals surface area (Å²) in [6.45, 7) is 2.63. The Labute approximate surface area is 127 Å². The number of hydrogen-bond donors (Lipinski definition) is 1. The van der Waals surface area contributed by atoms with Gasteiger partial charge in [0, 0.05) is 25.7 Å². The second-order valence-corrected chi connectivity index (χ2v) is 6.46. The normalized spacial score (nSPS) is 28.4. The van der Waals surface area contributed by atoms with E-state index in [1.807, 2.05) is 18.2 Å². The van der Waals surface area contributed by atoms with Crippen LogP contribution in [0.25, 0.3) is 0 Å². The first kappa shape index (κ1) is 13.0. The molecular formula is C14H17N5OS. The lowest BCUT2D eigenvalue weighted by atomic mass is 9.97. The molecule has 4 heterocycles. The zero-order chi connectivity index (χ0) is 14.1. The molecular weight excluding hydrogens is 286 g/mol. The Morgan fingerprint density at radius 2 is 2.43 bits per heavy atom. The number of pyridine rings is 1. The number of nitrogens with one attached hydrogen (secondary N) is 1. The summed E-state index contributed by atoms with van der Waals surface area (Å²) in [4.78, 5) is 6.60. The minimum atomic E-state index is -0.0435. The summed E-state index contributed by atoms with van der Waals surface area (Å²) >= 11 is 1.59. The van der Waals surface area contributed by atoms with Crippen LogP contribution >= 0.6 is 11.3 Å². The molecule has 2 unspecified atom stereocenters. The smallest absolute Gasteiger partial charge is 0.208 e. The quantitative estimate of drug-likeness (QED) is 0.932. The Morgan fingerprint density at radius 1 is 1.43 bits per heavy atom. The van der Waals surface area contributed by atoms with E-state index in [1.54, 1.807) is 23.0 Å². The molecule has 2 aromatic heterocycles. The maximum Gasteiger partial charge on any atom is 0.208 e. The van der Waals surface area contributed by atoms with Crippen molar-refractivity contribution in [3.8, 4) is 0 Å². The van der Waals surface area contributed by atoms with Crippen LogP contribution in [0.15, 0.2) is 29.9 Å². The highest BCUT2D eigenvalue weighted by Crippen LogP contribution is 2.38. The molecule has 2 fully saturated rings. The average Bonchev–Trinajstić information content (AvgIpc) is 3.23. The van der Waals surface area contributed by atoms with Crippen LogP contribution in [0.3, 0.4) is 0 Å². The first-order chi connectivity index (χ1) is 10.3. The third-order valence-corrected chi connectivity index (χ3v) is 4.91. The van der Waals surface area contributed by atoms with Gasteiger partial charge in [-0.3, -0.25) is 0 Å². The van der Waals surface area contributed by atoms with E-state index in [1.165, 1.54) is 0 Å². The predicted molar refractivity (Wildman–Crippen MR) is 81.7 cm³/mol. The molecule has 21 heavy (non-hydrogen) atoms. The summed E-state index contributed by atoms with van der Waals surface area (Å²) in [5, 5.41) is 12.5. The SMILES string of the molecule is c1ccc(NC2COC3(CCN(c4nncs4)C3)C2)nc1. The van der Waals surface area contributed by atoms with Gasteiger partial charge < -0.3 is 15.0 Å². The van der Waals surface area contributed by atoms with Gasteiger partial charge in [-0.05, 0) is 18.6 Å². The number of aromatic nitrogens is 3. The van der Waals surface area contributed by atoms with Crippen molar-refractivity contribution in [1.82, 2.24) is 15.2 Å². The molecule has 0 aliphatic carbocycles. The molecule has 0 aromatic carbocycles. The monoisotopic (exact) mass is 303 g/mol. The van der Waals surface area contributed by atoms with Gasteiger partial charge in [-0.1, -0.05) is 17.4 Å². The molecule has 2 saturated heterocycles. The lowest BCUT2D eigenvalue weighted by molar-refractivity contribution is 0.0229. The first-order valence-electron chi connectivity index (χ1n) is 7.16. The van der Waals surface area contributed by atoms with Crippen LogP contribution in [0.1, 0.15) is 12.8 Å². The molecule has 0 bridgehead atoms. The minimum absolute atomic E-state index is 0.0435. The zero-order valence-electron chi connectivity index (χ0n) is 11.6. The number of rotatable bonds is 3. The van der Waals surface area contributed by atoms with Gasteiger partial charge in [0.25, 0.3) is 0 Å². The first-order valence-corrected chi connectivity index (χ1v) is 8.04. The summed E-state index contributed by atoms with van der Waals surface area (Å²) in [5.74, 6) is 0.919. The number of ether oxygens (including phenoxy) is 1.